The number of rotatable bonds is 4. The van der Waals surface area contributed by atoms with E-state index in [1.54, 1.807) is 0 Å². The Morgan fingerprint density at radius 3 is 2.74 bits per heavy atom. The van der Waals surface area contributed by atoms with E-state index in [1.807, 2.05) is 10.9 Å². The molecule has 0 amide bonds. The van der Waals surface area contributed by atoms with Crippen LogP contribution in [0.3, 0.4) is 0 Å². The smallest absolute Gasteiger partial charge is 0.0576 e. The van der Waals surface area contributed by atoms with E-state index in [4.69, 9.17) is 0 Å². The highest BCUT2D eigenvalue weighted by molar-refractivity contribution is 5.08. The second-order valence-corrected chi connectivity index (χ2v) is 6.96. The van der Waals surface area contributed by atoms with Crippen molar-refractivity contribution >= 4 is 0 Å². The van der Waals surface area contributed by atoms with E-state index in [0.717, 1.165) is 25.8 Å². The van der Waals surface area contributed by atoms with Crippen molar-refractivity contribution in [1.29, 1.82) is 0 Å². The Balaban J connectivity index is 2.04. The van der Waals surface area contributed by atoms with Gasteiger partial charge in [0.05, 0.1) is 12.3 Å². The molecule has 3 heteroatoms. The number of nitrogens with zero attached hydrogens (tertiary/aromatic N) is 2. The Hall–Kier alpha value is -0.830. The average molecular weight is 264 g/mol. The maximum Gasteiger partial charge on any atom is 0.0576 e. The largest absolute Gasteiger partial charge is 0.393 e. The summed E-state index contributed by atoms with van der Waals surface area (Å²) >= 11 is 0. The van der Waals surface area contributed by atoms with Crippen molar-refractivity contribution in [3.05, 3.63) is 18.0 Å². The van der Waals surface area contributed by atoms with Crippen LogP contribution >= 0.6 is 0 Å². The van der Waals surface area contributed by atoms with Gasteiger partial charge in [-0.1, -0.05) is 27.2 Å². The minimum atomic E-state index is -0.139. The fourth-order valence-electron chi connectivity index (χ4n) is 3.59. The van der Waals surface area contributed by atoms with E-state index in [0.29, 0.717) is 11.8 Å². The molecule has 1 fully saturated rings. The predicted molar refractivity (Wildman–Crippen MR) is 77.9 cm³/mol. The highest BCUT2D eigenvalue weighted by Gasteiger charge is 2.38. The van der Waals surface area contributed by atoms with Crippen molar-refractivity contribution in [2.75, 3.05) is 0 Å². The molecule has 3 nitrogen and oxygen atoms in total. The van der Waals surface area contributed by atoms with E-state index < -0.39 is 0 Å². The molecule has 0 radical (unpaired) electrons. The van der Waals surface area contributed by atoms with Gasteiger partial charge in [0.25, 0.3) is 0 Å². The van der Waals surface area contributed by atoms with Gasteiger partial charge >= 0.3 is 0 Å². The van der Waals surface area contributed by atoms with Crippen LogP contribution in [-0.4, -0.2) is 21.0 Å². The van der Waals surface area contributed by atoms with Crippen LogP contribution in [0.1, 0.15) is 52.5 Å². The summed E-state index contributed by atoms with van der Waals surface area (Å²) in [5.74, 6) is 1.08. The lowest BCUT2D eigenvalue weighted by Crippen LogP contribution is -2.39. The molecule has 1 aliphatic rings. The van der Waals surface area contributed by atoms with Gasteiger partial charge in [-0.2, -0.15) is 5.10 Å². The van der Waals surface area contributed by atoms with Gasteiger partial charge < -0.3 is 5.11 Å². The second kappa shape index (κ2) is 5.66. The third-order valence-corrected chi connectivity index (χ3v) is 4.75. The zero-order valence-electron chi connectivity index (χ0n) is 12.8. The molecule has 108 valence electrons. The summed E-state index contributed by atoms with van der Waals surface area (Å²) in [6.07, 6.45) is 8.34. The van der Waals surface area contributed by atoms with Crippen LogP contribution in [0.2, 0.25) is 0 Å². The molecule has 1 heterocycles. The zero-order chi connectivity index (χ0) is 14.0. The van der Waals surface area contributed by atoms with Crippen LogP contribution in [0.25, 0.3) is 0 Å². The first-order chi connectivity index (χ1) is 8.92. The van der Waals surface area contributed by atoms with Crippen molar-refractivity contribution in [1.82, 2.24) is 9.78 Å². The Labute approximate surface area is 117 Å². The van der Waals surface area contributed by atoms with Crippen LogP contribution in [0.4, 0.5) is 0 Å². The van der Waals surface area contributed by atoms with Crippen molar-refractivity contribution in [3.8, 4) is 0 Å². The molecule has 2 rings (SSSR count). The Kier molecular flexibility index (Phi) is 4.34. The van der Waals surface area contributed by atoms with Gasteiger partial charge in [0, 0.05) is 12.7 Å². The van der Waals surface area contributed by atoms with Crippen LogP contribution < -0.4 is 0 Å². The summed E-state index contributed by atoms with van der Waals surface area (Å²) in [6.45, 7) is 9.86. The summed E-state index contributed by atoms with van der Waals surface area (Å²) in [7, 11) is 0. The van der Waals surface area contributed by atoms with Crippen LogP contribution in [-0.2, 0) is 13.0 Å². The number of aliphatic hydroxyl groups is 1. The second-order valence-electron chi connectivity index (χ2n) is 6.96. The van der Waals surface area contributed by atoms with Crippen molar-refractivity contribution in [2.45, 2.75) is 66.0 Å². The minimum Gasteiger partial charge on any atom is -0.393 e. The van der Waals surface area contributed by atoms with E-state index >= 15 is 0 Å². The van der Waals surface area contributed by atoms with Gasteiger partial charge in [-0.15, -0.1) is 0 Å². The van der Waals surface area contributed by atoms with Gasteiger partial charge in [-0.25, -0.2) is 0 Å². The normalized spacial score (nSPS) is 28.6. The van der Waals surface area contributed by atoms with Gasteiger partial charge in [-0.3, -0.25) is 4.68 Å². The van der Waals surface area contributed by atoms with Crippen LogP contribution in [0.5, 0.6) is 0 Å². The Bertz CT molecular complexity index is 411. The highest BCUT2D eigenvalue weighted by Crippen LogP contribution is 2.42. The minimum absolute atomic E-state index is 0.139. The topological polar surface area (TPSA) is 38.0 Å². The average Bonchev–Trinajstić information content (AvgIpc) is 2.75. The maximum absolute atomic E-state index is 10.4. The Morgan fingerprint density at radius 1 is 1.42 bits per heavy atom. The molecule has 0 bridgehead atoms. The van der Waals surface area contributed by atoms with E-state index in [1.165, 1.54) is 12.0 Å². The van der Waals surface area contributed by atoms with Crippen LogP contribution in [0.15, 0.2) is 12.4 Å². The summed E-state index contributed by atoms with van der Waals surface area (Å²) in [4.78, 5) is 0. The fraction of sp³-hybridized carbons (Fsp3) is 0.812. The number of aliphatic hydroxyl groups excluding tert-OH is 1. The van der Waals surface area contributed by atoms with E-state index in [2.05, 4.69) is 39.0 Å². The molecular weight excluding hydrogens is 236 g/mol. The molecule has 0 saturated heterocycles. The lowest BCUT2D eigenvalue weighted by molar-refractivity contribution is -0.0125. The number of aryl methyl sites for hydroxylation is 1. The lowest BCUT2D eigenvalue weighted by Gasteiger charge is -2.42. The number of hydrogen-bond donors (Lipinski definition) is 1. The highest BCUT2D eigenvalue weighted by atomic mass is 16.3. The lowest BCUT2D eigenvalue weighted by atomic mass is 9.65. The molecular formula is C16H28N2O. The van der Waals surface area contributed by atoms with Crippen LogP contribution in [0, 0.1) is 17.3 Å². The Morgan fingerprint density at radius 2 is 2.16 bits per heavy atom. The summed E-state index contributed by atoms with van der Waals surface area (Å²) in [5, 5.41) is 14.7. The molecule has 1 saturated carbocycles. The number of aromatic nitrogens is 2. The standard InChI is InChI=1S/C16H28N2O/c1-5-18-11-13(10-17-18)9-16(3,4)14-7-6-12(2)8-15(14)19/h10-12,14-15,19H,5-9H2,1-4H3. The van der Waals surface area contributed by atoms with Crippen molar-refractivity contribution < 1.29 is 5.11 Å². The van der Waals surface area contributed by atoms with E-state index in [9.17, 15) is 5.11 Å². The van der Waals surface area contributed by atoms with Crippen molar-refractivity contribution in [2.24, 2.45) is 17.3 Å². The van der Waals surface area contributed by atoms with Gasteiger partial charge in [0.15, 0.2) is 0 Å². The molecule has 3 unspecified atom stereocenters. The molecule has 0 aromatic carbocycles. The van der Waals surface area contributed by atoms with Crippen molar-refractivity contribution in [3.63, 3.8) is 0 Å². The SMILES string of the molecule is CCn1cc(CC(C)(C)C2CCC(C)CC2O)cn1. The molecule has 19 heavy (non-hydrogen) atoms. The first kappa shape index (κ1) is 14.6. The molecule has 0 aliphatic heterocycles. The third-order valence-electron chi connectivity index (χ3n) is 4.75. The molecule has 0 spiro atoms. The molecule has 1 aliphatic carbocycles. The molecule has 1 N–H and O–H groups in total. The maximum atomic E-state index is 10.4. The van der Waals surface area contributed by atoms with Gasteiger partial charge in [0.1, 0.15) is 0 Å². The third kappa shape index (κ3) is 3.38. The fourth-order valence-corrected chi connectivity index (χ4v) is 3.59. The number of hydrogen-bond acceptors (Lipinski definition) is 2. The van der Waals surface area contributed by atoms with Gasteiger partial charge in [-0.05, 0) is 49.0 Å². The molecule has 3 atom stereocenters. The quantitative estimate of drug-likeness (QED) is 0.906. The molecule has 1 aromatic heterocycles. The zero-order valence-corrected chi connectivity index (χ0v) is 12.8. The van der Waals surface area contributed by atoms with E-state index in [-0.39, 0.29) is 11.5 Å². The van der Waals surface area contributed by atoms with Gasteiger partial charge in [0.2, 0.25) is 0 Å². The first-order valence-electron chi connectivity index (χ1n) is 7.61. The predicted octanol–water partition coefficient (Wildman–Crippen LogP) is 3.27. The summed E-state index contributed by atoms with van der Waals surface area (Å²) in [5.41, 5.74) is 1.43. The summed E-state index contributed by atoms with van der Waals surface area (Å²) in [6, 6.07) is 0. The monoisotopic (exact) mass is 264 g/mol. The molecule has 1 aromatic rings. The first-order valence-corrected chi connectivity index (χ1v) is 7.61. The summed E-state index contributed by atoms with van der Waals surface area (Å²) < 4.78 is 1.98.